The van der Waals surface area contributed by atoms with Crippen molar-refractivity contribution in [3.8, 4) is 5.75 Å². The first-order chi connectivity index (χ1) is 8.63. The molecule has 3 nitrogen and oxygen atoms in total. The van der Waals surface area contributed by atoms with Crippen LogP contribution < -0.4 is 4.74 Å². The quantitative estimate of drug-likeness (QED) is 0.604. The Labute approximate surface area is 108 Å². The number of benzene rings is 1. The van der Waals surface area contributed by atoms with Crippen LogP contribution >= 0.6 is 0 Å². The molecule has 1 fully saturated rings. The Morgan fingerprint density at radius 1 is 1.22 bits per heavy atom. The highest BCUT2D eigenvalue weighted by atomic mass is 16.5. The molecule has 1 aromatic rings. The Hall–Kier alpha value is -1.60. The van der Waals surface area contributed by atoms with Gasteiger partial charge in [0, 0.05) is 5.56 Å². The number of aliphatic imine (C=N–C) groups is 1. The normalized spacial score (nSPS) is 17.3. The molecule has 1 aliphatic rings. The molecule has 0 heterocycles. The Morgan fingerprint density at radius 3 is 2.39 bits per heavy atom. The first-order valence-electron chi connectivity index (χ1n) is 6.38. The number of methoxy groups -OCH3 is 1. The largest absolute Gasteiger partial charge is 0.496 e. The van der Waals surface area contributed by atoms with Gasteiger partial charge in [-0.25, -0.2) is 4.79 Å². The van der Waals surface area contributed by atoms with Crippen molar-refractivity contribution in [2.45, 2.75) is 45.1 Å². The van der Waals surface area contributed by atoms with Crippen molar-refractivity contribution >= 4 is 6.08 Å². The predicted molar refractivity (Wildman–Crippen MR) is 70.7 cm³/mol. The third-order valence-electron chi connectivity index (χ3n) is 4.01. The van der Waals surface area contributed by atoms with E-state index in [1.165, 1.54) is 11.1 Å². The van der Waals surface area contributed by atoms with Gasteiger partial charge in [0.15, 0.2) is 0 Å². The van der Waals surface area contributed by atoms with Crippen LogP contribution in [0.3, 0.4) is 0 Å². The van der Waals surface area contributed by atoms with E-state index in [4.69, 9.17) is 4.74 Å². The van der Waals surface area contributed by atoms with E-state index in [-0.39, 0.29) is 0 Å². The van der Waals surface area contributed by atoms with Gasteiger partial charge in [-0.1, -0.05) is 12.8 Å². The summed E-state index contributed by atoms with van der Waals surface area (Å²) in [6.45, 7) is 4.14. The molecule has 96 valence electrons. The van der Waals surface area contributed by atoms with Crippen LogP contribution in [0.4, 0.5) is 0 Å². The van der Waals surface area contributed by atoms with Crippen molar-refractivity contribution in [1.29, 1.82) is 0 Å². The van der Waals surface area contributed by atoms with Gasteiger partial charge < -0.3 is 4.74 Å². The summed E-state index contributed by atoms with van der Waals surface area (Å²) in [6.07, 6.45) is 5.76. The smallest absolute Gasteiger partial charge is 0.235 e. The molecule has 0 atom stereocenters. The fraction of sp³-hybridized carbons (Fsp3) is 0.533. The van der Waals surface area contributed by atoms with Crippen LogP contribution in [0.5, 0.6) is 5.75 Å². The summed E-state index contributed by atoms with van der Waals surface area (Å²) in [6, 6.07) is 4.14. The molecule has 0 radical (unpaired) electrons. The third-order valence-corrected chi connectivity index (χ3v) is 4.01. The maximum atomic E-state index is 10.8. The fourth-order valence-corrected chi connectivity index (χ4v) is 2.81. The van der Waals surface area contributed by atoms with Crippen molar-refractivity contribution < 1.29 is 9.53 Å². The topological polar surface area (TPSA) is 38.7 Å². The molecule has 0 N–H and O–H groups in total. The number of carbonyl (C=O) groups excluding carboxylic acids is 1. The summed E-state index contributed by atoms with van der Waals surface area (Å²) in [5, 5.41) is 0. The number of aryl methyl sites for hydroxylation is 2. The second kappa shape index (κ2) is 4.95. The molecule has 2 rings (SSSR count). The van der Waals surface area contributed by atoms with Gasteiger partial charge in [0.1, 0.15) is 11.3 Å². The van der Waals surface area contributed by atoms with Gasteiger partial charge in [-0.15, -0.1) is 0 Å². The molecule has 18 heavy (non-hydrogen) atoms. The monoisotopic (exact) mass is 245 g/mol. The summed E-state index contributed by atoms with van der Waals surface area (Å²) in [5.74, 6) is 0.832. The van der Waals surface area contributed by atoms with Crippen molar-refractivity contribution in [2.24, 2.45) is 4.99 Å². The molecular formula is C15H19NO2. The summed E-state index contributed by atoms with van der Waals surface area (Å²) in [5.41, 5.74) is 3.02. The number of ether oxygens (including phenoxy) is 1. The number of isocyanates is 1. The summed E-state index contributed by atoms with van der Waals surface area (Å²) < 4.78 is 5.48. The lowest BCUT2D eigenvalue weighted by atomic mass is 9.86. The summed E-state index contributed by atoms with van der Waals surface area (Å²) >= 11 is 0. The zero-order valence-corrected chi connectivity index (χ0v) is 11.2. The van der Waals surface area contributed by atoms with Gasteiger partial charge in [-0.05, 0) is 49.9 Å². The van der Waals surface area contributed by atoms with Gasteiger partial charge in [-0.3, -0.25) is 0 Å². The van der Waals surface area contributed by atoms with E-state index in [0.717, 1.165) is 37.0 Å². The Morgan fingerprint density at radius 2 is 1.83 bits per heavy atom. The second-order valence-electron chi connectivity index (χ2n) is 5.08. The molecule has 0 unspecified atom stereocenters. The summed E-state index contributed by atoms with van der Waals surface area (Å²) in [4.78, 5) is 14.9. The zero-order chi connectivity index (χ0) is 13.2. The van der Waals surface area contributed by atoms with E-state index >= 15 is 0 Å². The first kappa shape index (κ1) is 12.8. The molecule has 0 aliphatic heterocycles. The lowest BCUT2D eigenvalue weighted by molar-refractivity contribution is 0.379. The molecular weight excluding hydrogens is 226 g/mol. The molecule has 0 amide bonds. The van der Waals surface area contributed by atoms with E-state index in [0.29, 0.717) is 0 Å². The van der Waals surface area contributed by atoms with Crippen molar-refractivity contribution in [2.75, 3.05) is 7.11 Å². The minimum Gasteiger partial charge on any atom is -0.496 e. The maximum absolute atomic E-state index is 10.8. The molecule has 0 saturated heterocycles. The number of rotatable bonds is 3. The minimum absolute atomic E-state index is 0.411. The van der Waals surface area contributed by atoms with Gasteiger partial charge in [0.05, 0.1) is 7.11 Å². The predicted octanol–water partition coefficient (Wildman–Crippen LogP) is 3.42. The van der Waals surface area contributed by atoms with Crippen LogP contribution in [0, 0.1) is 13.8 Å². The second-order valence-corrected chi connectivity index (χ2v) is 5.08. The van der Waals surface area contributed by atoms with Gasteiger partial charge in [0.2, 0.25) is 6.08 Å². The van der Waals surface area contributed by atoms with Crippen LogP contribution in [0.1, 0.15) is 42.4 Å². The van der Waals surface area contributed by atoms with Crippen LogP contribution in [-0.2, 0) is 10.3 Å². The Kier molecular flexibility index (Phi) is 3.53. The Balaban J connectivity index is 2.60. The average molecular weight is 245 g/mol. The van der Waals surface area contributed by atoms with Crippen LogP contribution in [0.2, 0.25) is 0 Å². The number of hydrogen-bond acceptors (Lipinski definition) is 3. The zero-order valence-electron chi connectivity index (χ0n) is 11.2. The van der Waals surface area contributed by atoms with Crippen molar-refractivity contribution in [3.63, 3.8) is 0 Å². The molecule has 1 aromatic carbocycles. The minimum atomic E-state index is -0.411. The van der Waals surface area contributed by atoms with E-state index in [1.807, 2.05) is 6.07 Å². The fourth-order valence-electron chi connectivity index (χ4n) is 2.81. The lowest BCUT2D eigenvalue weighted by Gasteiger charge is -2.26. The third kappa shape index (κ3) is 2.06. The molecule has 1 saturated carbocycles. The van der Waals surface area contributed by atoms with E-state index in [2.05, 4.69) is 24.9 Å². The molecule has 3 heteroatoms. The molecule has 1 aliphatic carbocycles. The standard InChI is InChI=1S/C15H19NO2/c1-11-8-13(14(18-3)9-12(11)2)15(16-10-17)6-4-5-7-15/h8-9H,4-7H2,1-3H3. The number of hydrogen-bond donors (Lipinski definition) is 0. The first-order valence-corrected chi connectivity index (χ1v) is 6.38. The van der Waals surface area contributed by atoms with Crippen LogP contribution in [-0.4, -0.2) is 13.2 Å². The highest BCUT2D eigenvalue weighted by Crippen LogP contribution is 2.46. The Bertz CT molecular complexity index is 495. The van der Waals surface area contributed by atoms with E-state index < -0.39 is 5.54 Å². The van der Waals surface area contributed by atoms with Crippen molar-refractivity contribution in [1.82, 2.24) is 0 Å². The average Bonchev–Trinajstić information content (AvgIpc) is 2.82. The van der Waals surface area contributed by atoms with E-state index in [9.17, 15) is 4.79 Å². The van der Waals surface area contributed by atoms with Gasteiger partial charge in [0.25, 0.3) is 0 Å². The highest BCUT2D eigenvalue weighted by Gasteiger charge is 2.38. The maximum Gasteiger partial charge on any atom is 0.235 e. The van der Waals surface area contributed by atoms with Crippen LogP contribution in [0.25, 0.3) is 0 Å². The van der Waals surface area contributed by atoms with E-state index in [1.54, 1.807) is 13.2 Å². The van der Waals surface area contributed by atoms with Crippen molar-refractivity contribution in [3.05, 3.63) is 28.8 Å². The van der Waals surface area contributed by atoms with Gasteiger partial charge >= 0.3 is 0 Å². The lowest BCUT2D eigenvalue weighted by Crippen LogP contribution is -2.20. The summed E-state index contributed by atoms with van der Waals surface area (Å²) in [7, 11) is 1.67. The SMILES string of the molecule is COc1cc(C)c(C)cc1C1(N=C=O)CCCC1. The van der Waals surface area contributed by atoms with Gasteiger partial charge in [-0.2, -0.15) is 4.99 Å². The van der Waals surface area contributed by atoms with Crippen LogP contribution in [0.15, 0.2) is 17.1 Å². The molecule has 0 spiro atoms. The molecule has 0 aromatic heterocycles. The number of nitrogens with zero attached hydrogens (tertiary/aromatic N) is 1. The molecule has 0 bridgehead atoms. The highest BCUT2D eigenvalue weighted by molar-refractivity contribution is 5.48.